The summed E-state index contributed by atoms with van der Waals surface area (Å²) >= 11 is 0. The van der Waals surface area contributed by atoms with Gasteiger partial charge in [-0.2, -0.15) is 17.6 Å². The van der Waals surface area contributed by atoms with Crippen LogP contribution in [0.3, 0.4) is 0 Å². The summed E-state index contributed by atoms with van der Waals surface area (Å²) in [6.07, 6.45) is 0.542. The Balaban J connectivity index is 0. The minimum atomic E-state index is -6.62. The van der Waals surface area contributed by atoms with Crippen molar-refractivity contribution in [1.29, 1.82) is 0 Å². The Morgan fingerprint density at radius 1 is 0.955 bits per heavy atom. The van der Waals surface area contributed by atoms with Crippen molar-refractivity contribution in [2.75, 3.05) is 0 Å². The summed E-state index contributed by atoms with van der Waals surface area (Å²) in [6.45, 7) is 2.01. The second-order valence-electron chi connectivity index (χ2n) is 4.97. The molecule has 0 aliphatic rings. The van der Waals surface area contributed by atoms with E-state index in [2.05, 4.69) is 0 Å². The Morgan fingerprint density at radius 3 is 1.77 bits per heavy atom. The SMILES string of the molecule is CCCCCCCCCC(F)C(F)(F)C(F)(F)S(=O)(=O)[O-].[Na+]. The molecule has 0 saturated carbocycles. The summed E-state index contributed by atoms with van der Waals surface area (Å²) in [5.41, 5.74) is 0. The first-order valence-corrected chi connectivity index (χ1v) is 8.24. The number of rotatable bonds is 11. The number of halogens is 5. The van der Waals surface area contributed by atoms with E-state index in [1.165, 1.54) is 0 Å². The predicted octanol–water partition coefficient (Wildman–Crippen LogP) is 1.24. The van der Waals surface area contributed by atoms with Crippen molar-refractivity contribution in [3.05, 3.63) is 0 Å². The van der Waals surface area contributed by atoms with Crippen LogP contribution >= 0.6 is 0 Å². The first-order valence-electron chi connectivity index (χ1n) is 6.83. The fraction of sp³-hybridized carbons (Fsp3) is 1.00. The molecule has 0 radical (unpaired) electrons. The molecule has 0 aromatic carbocycles. The van der Waals surface area contributed by atoms with Crippen LogP contribution in [0.15, 0.2) is 0 Å². The monoisotopic (exact) mass is 362 g/mol. The van der Waals surface area contributed by atoms with Gasteiger partial charge in [-0.15, -0.1) is 0 Å². The standard InChI is InChI=1S/C12H21F5O3S.Na/c1-2-3-4-5-6-7-8-9-10(13)11(14,15)12(16,17)21(18,19)20;/h10H,2-9H2,1H3,(H,18,19,20);/q;+1/p-1. The molecule has 0 aromatic rings. The molecule has 22 heavy (non-hydrogen) atoms. The Hall–Kier alpha value is 0.560. The molecular weight excluding hydrogens is 342 g/mol. The zero-order valence-corrected chi connectivity index (χ0v) is 15.6. The summed E-state index contributed by atoms with van der Waals surface area (Å²) in [7, 11) is -6.62. The molecule has 0 fully saturated rings. The molecule has 0 bridgehead atoms. The second-order valence-corrected chi connectivity index (χ2v) is 6.39. The zero-order valence-electron chi connectivity index (χ0n) is 12.8. The molecule has 0 spiro atoms. The molecule has 1 atom stereocenters. The third-order valence-electron chi connectivity index (χ3n) is 3.16. The largest absolute Gasteiger partial charge is 1.00 e. The van der Waals surface area contributed by atoms with E-state index in [4.69, 9.17) is 0 Å². The van der Waals surface area contributed by atoms with Crippen LogP contribution in [-0.4, -0.2) is 30.3 Å². The van der Waals surface area contributed by atoms with Gasteiger partial charge in [-0.3, -0.25) is 0 Å². The van der Waals surface area contributed by atoms with Crippen molar-refractivity contribution < 1.29 is 64.5 Å². The van der Waals surface area contributed by atoms with Gasteiger partial charge in [0.2, 0.25) is 0 Å². The smallest absolute Gasteiger partial charge is 0.743 e. The molecule has 1 unspecified atom stereocenters. The van der Waals surface area contributed by atoms with Gasteiger partial charge in [0.05, 0.1) is 0 Å². The Morgan fingerprint density at radius 2 is 1.36 bits per heavy atom. The molecule has 0 saturated heterocycles. The first kappa shape index (κ1) is 24.8. The van der Waals surface area contributed by atoms with E-state index in [0.29, 0.717) is 12.8 Å². The summed E-state index contributed by atoms with van der Waals surface area (Å²) in [5.74, 6) is -5.52. The minimum Gasteiger partial charge on any atom is -0.743 e. The van der Waals surface area contributed by atoms with E-state index in [9.17, 15) is 34.9 Å². The fourth-order valence-corrected chi connectivity index (χ4v) is 2.27. The van der Waals surface area contributed by atoms with Gasteiger partial charge in [-0.05, 0) is 6.42 Å². The maximum atomic E-state index is 13.2. The van der Waals surface area contributed by atoms with Crippen LogP contribution in [0.4, 0.5) is 22.0 Å². The third-order valence-corrected chi connectivity index (χ3v) is 4.06. The van der Waals surface area contributed by atoms with Crippen molar-refractivity contribution in [2.45, 2.75) is 75.6 Å². The van der Waals surface area contributed by atoms with Gasteiger partial charge in [0.15, 0.2) is 16.3 Å². The Kier molecular flexibility index (Phi) is 11.8. The average molecular weight is 362 g/mol. The number of unbranched alkanes of at least 4 members (excludes halogenated alkanes) is 6. The van der Waals surface area contributed by atoms with E-state index in [1.54, 1.807) is 0 Å². The molecule has 0 aromatic heterocycles. The molecular formula is C12H20F5NaO3S. The van der Waals surface area contributed by atoms with E-state index in [-0.39, 0.29) is 36.0 Å². The van der Waals surface area contributed by atoms with Crippen LogP contribution in [0.2, 0.25) is 0 Å². The fourth-order valence-electron chi connectivity index (χ4n) is 1.81. The number of hydrogen-bond acceptors (Lipinski definition) is 3. The van der Waals surface area contributed by atoms with Crippen molar-refractivity contribution in [2.24, 2.45) is 0 Å². The van der Waals surface area contributed by atoms with Crippen LogP contribution in [0.5, 0.6) is 0 Å². The van der Waals surface area contributed by atoms with Crippen molar-refractivity contribution >= 4 is 10.1 Å². The van der Waals surface area contributed by atoms with Crippen molar-refractivity contribution in [3.8, 4) is 0 Å². The van der Waals surface area contributed by atoms with Crippen LogP contribution in [0.1, 0.15) is 58.3 Å². The van der Waals surface area contributed by atoms with Crippen molar-refractivity contribution in [1.82, 2.24) is 0 Å². The quantitative estimate of drug-likeness (QED) is 0.241. The molecule has 0 aliphatic heterocycles. The van der Waals surface area contributed by atoms with Gasteiger partial charge < -0.3 is 4.55 Å². The van der Waals surface area contributed by atoms with E-state index >= 15 is 0 Å². The van der Waals surface area contributed by atoms with Gasteiger partial charge in [0.1, 0.15) is 0 Å². The van der Waals surface area contributed by atoms with Gasteiger partial charge in [0.25, 0.3) is 0 Å². The normalized spacial score (nSPS) is 14.5. The van der Waals surface area contributed by atoms with Crippen LogP contribution in [0, 0.1) is 0 Å². The summed E-state index contributed by atoms with van der Waals surface area (Å²) in [5, 5.41) is -5.94. The molecule has 0 rings (SSSR count). The maximum absolute atomic E-state index is 13.2. The van der Waals surface area contributed by atoms with Crippen molar-refractivity contribution in [3.63, 3.8) is 0 Å². The Labute approximate surface area is 150 Å². The van der Waals surface area contributed by atoms with E-state index in [1.807, 2.05) is 6.92 Å². The molecule has 0 amide bonds. The second kappa shape index (κ2) is 10.4. The zero-order chi connectivity index (χ0) is 16.7. The molecule has 0 N–H and O–H groups in total. The molecule has 0 aliphatic carbocycles. The maximum Gasteiger partial charge on any atom is 1.00 e. The van der Waals surface area contributed by atoms with Crippen LogP contribution < -0.4 is 29.6 Å². The Bertz CT molecular complexity index is 404. The first-order chi connectivity index (χ1) is 9.48. The van der Waals surface area contributed by atoms with Gasteiger partial charge in [-0.25, -0.2) is 12.8 Å². The molecule has 10 heteroatoms. The third kappa shape index (κ3) is 6.98. The topological polar surface area (TPSA) is 57.2 Å². The van der Waals surface area contributed by atoms with E-state index < -0.39 is 33.9 Å². The molecule has 3 nitrogen and oxygen atoms in total. The summed E-state index contributed by atoms with van der Waals surface area (Å²) in [6, 6.07) is 0. The van der Waals surface area contributed by atoms with E-state index in [0.717, 1.165) is 25.7 Å². The predicted molar refractivity (Wildman–Crippen MR) is 67.1 cm³/mol. The molecule has 128 valence electrons. The number of alkyl halides is 5. The van der Waals surface area contributed by atoms with Crippen LogP contribution in [-0.2, 0) is 10.1 Å². The van der Waals surface area contributed by atoms with Gasteiger partial charge >= 0.3 is 40.7 Å². The summed E-state index contributed by atoms with van der Waals surface area (Å²) in [4.78, 5) is 0. The molecule has 0 heterocycles. The van der Waals surface area contributed by atoms with Gasteiger partial charge in [0, 0.05) is 0 Å². The average Bonchev–Trinajstić information content (AvgIpc) is 2.35. The van der Waals surface area contributed by atoms with Gasteiger partial charge in [-0.1, -0.05) is 51.9 Å². The van der Waals surface area contributed by atoms with Crippen LogP contribution in [0.25, 0.3) is 0 Å². The number of hydrogen-bond donors (Lipinski definition) is 0. The minimum absolute atomic E-state index is 0. The summed E-state index contributed by atoms with van der Waals surface area (Å²) < 4.78 is 95.3.